The van der Waals surface area contributed by atoms with E-state index in [0.29, 0.717) is 0 Å². The zero-order valence-electron chi connectivity index (χ0n) is 8.51. The molecule has 0 aliphatic rings. The molecule has 0 saturated heterocycles. The number of benzene rings is 1. The topological polar surface area (TPSA) is 25.8 Å². The summed E-state index contributed by atoms with van der Waals surface area (Å²) in [5.74, 6) is 0.836. The lowest BCUT2D eigenvalue weighted by molar-refractivity contribution is 0.955. The molecular weight excluding hydrogens is 280 g/mol. The van der Waals surface area contributed by atoms with Gasteiger partial charge in [-0.05, 0) is 17.9 Å². The predicted molar refractivity (Wildman–Crippen MR) is 72.7 cm³/mol. The summed E-state index contributed by atoms with van der Waals surface area (Å²) >= 11 is 11.0. The van der Waals surface area contributed by atoms with Gasteiger partial charge < -0.3 is 0 Å². The van der Waals surface area contributed by atoms with E-state index in [1.165, 1.54) is 0 Å². The van der Waals surface area contributed by atoms with Crippen LogP contribution in [0.4, 0.5) is 0 Å². The third kappa shape index (κ3) is 3.13. The van der Waals surface area contributed by atoms with Crippen molar-refractivity contribution in [1.29, 1.82) is 0 Å². The van der Waals surface area contributed by atoms with Crippen molar-refractivity contribution in [3.8, 4) is 0 Å². The summed E-state index contributed by atoms with van der Waals surface area (Å²) < 4.78 is 1.99. The highest BCUT2D eigenvalue weighted by molar-refractivity contribution is 8.02. The fraction of sp³-hybridized carbons (Fsp3) is 0.200. The molecule has 6 heteroatoms. The molecule has 0 saturated carbocycles. The molecule has 0 aliphatic heterocycles. The van der Waals surface area contributed by atoms with Gasteiger partial charge in [0.25, 0.3) is 0 Å². The van der Waals surface area contributed by atoms with E-state index < -0.39 is 0 Å². The minimum Gasteiger partial charge on any atom is -0.131 e. The van der Waals surface area contributed by atoms with E-state index in [1.807, 2.05) is 30.5 Å². The second-order valence-corrected chi connectivity index (χ2v) is 6.58. The Morgan fingerprint density at radius 1 is 1.25 bits per heavy atom. The molecule has 1 aromatic carbocycles. The first kappa shape index (κ1) is 12.2. The lowest BCUT2D eigenvalue weighted by atomic mass is 10.2. The van der Waals surface area contributed by atoms with Crippen LogP contribution >= 0.6 is 46.5 Å². The van der Waals surface area contributed by atoms with Crippen LogP contribution in [0.3, 0.4) is 0 Å². The number of aromatic nitrogens is 2. The van der Waals surface area contributed by atoms with E-state index in [-0.39, 0.29) is 0 Å². The zero-order chi connectivity index (χ0) is 11.4. The molecule has 0 N–H and O–H groups in total. The normalized spacial score (nSPS) is 10.6. The molecule has 0 aliphatic carbocycles. The summed E-state index contributed by atoms with van der Waals surface area (Å²) in [5, 5.41) is 8.96. The first-order valence-corrected chi connectivity index (χ1v) is 7.94. The van der Waals surface area contributed by atoms with Gasteiger partial charge in [-0.2, -0.15) is 0 Å². The molecule has 0 unspecified atom stereocenters. The molecule has 2 nitrogen and oxygen atoms in total. The van der Waals surface area contributed by atoms with E-state index >= 15 is 0 Å². The van der Waals surface area contributed by atoms with Crippen LogP contribution in [0.5, 0.6) is 0 Å². The van der Waals surface area contributed by atoms with Gasteiger partial charge in [0.1, 0.15) is 0 Å². The summed E-state index contributed by atoms with van der Waals surface area (Å²) in [6.07, 6.45) is 2.00. The molecule has 0 bridgehead atoms. The third-order valence-electron chi connectivity index (χ3n) is 1.87. The van der Waals surface area contributed by atoms with Gasteiger partial charge in [0.05, 0.1) is 0 Å². The summed E-state index contributed by atoms with van der Waals surface area (Å²) in [5.41, 5.74) is 1.13. The number of hydrogen-bond donors (Lipinski definition) is 0. The van der Waals surface area contributed by atoms with Crippen molar-refractivity contribution in [2.45, 2.75) is 14.4 Å². The summed E-state index contributed by atoms with van der Waals surface area (Å²) in [6, 6.07) is 7.87. The van der Waals surface area contributed by atoms with E-state index in [9.17, 15) is 0 Å². The average molecular weight is 289 g/mol. The molecule has 1 heterocycles. The number of thioether (sulfide) groups is 2. The van der Waals surface area contributed by atoms with Gasteiger partial charge in [0.15, 0.2) is 8.68 Å². The van der Waals surface area contributed by atoms with Crippen LogP contribution in [-0.4, -0.2) is 16.5 Å². The molecule has 0 atom stereocenters. The maximum Gasteiger partial charge on any atom is 0.175 e. The molecule has 84 valence electrons. The highest BCUT2D eigenvalue weighted by Gasteiger charge is 2.05. The second-order valence-electron chi connectivity index (χ2n) is 2.92. The van der Waals surface area contributed by atoms with Gasteiger partial charge in [0.2, 0.25) is 0 Å². The molecule has 1 aromatic heterocycles. The van der Waals surface area contributed by atoms with Crippen LogP contribution in [0, 0.1) is 0 Å². The SMILES string of the molecule is CSc1nnc(SCc2ccccc2Cl)s1. The van der Waals surface area contributed by atoms with Crippen molar-refractivity contribution in [3.63, 3.8) is 0 Å². The lowest BCUT2D eigenvalue weighted by Gasteiger charge is -2.00. The summed E-state index contributed by atoms with van der Waals surface area (Å²) in [6.45, 7) is 0. The van der Waals surface area contributed by atoms with Gasteiger partial charge >= 0.3 is 0 Å². The molecule has 0 fully saturated rings. The van der Waals surface area contributed by atoms with E-state index in [1.54, 1.807) is 34.9 Å². The van der Waals surface area contributed by atoms with Gasteiger partial charge in [-0.25, -0.2) is 0 Å². The van der Waals surface area contributed by atoms with Gasteiger partial charge in [-0.3, -0.25) is 0 Å². The van der Waals surface area contributed by atoms with Crippen LogP contribution < -0.4 is 0 Å². The Morgan fingerprint density at radius 3 is 2.69 bits per heavy atom. The maximum atomic E-state index is 6.07. The minimum atomic E-state index is 0.810. The number of nitrogens with zero attached hydrogens (tertiary/aromatic N) is 2. The van der Waals surface area contributed by atoms with Gasteiger partial charge in [0, 0.05) is 10.8 Å². The molecule has 0 amide bonds. The maximum absolute atomic E-state index is 6.07. The monoisotopic (exact) mass is 288 g/mol. The second kappa shape index (κ2) is 5.91. The minimum absolute atomic E-state index is 0.810. The Balaban J connectivity index is 1.99. The van der Waals surface area contributed by atoms with Crippen LogP contribution in [0.25, 0.3) is 0 Å². The molecule has 0 spiro atoms. The number of rotatable bonds is 4. The molecule has 2 rings (SSSR count). The van der Waals surface area contributed by atoms with Crippen molar-refractivity contribution in [2.75, 3.05) is 6.26 Å². The third-order valence-corrected chi connectivity index (χ3v) is 5.32. The Morgan fingerprint density at radius 2 is 2.00 bits per heavy atom. The Hall–Kier alpha value is -0.230. The van der Waals surface area contributed by atoms with Crippen LogP contribution in [0.15, 0.2) is 32.9 Å². The van der Waals surface area contributed by atoms with E-state index in [2.05, 4.69) is 10.2 Å². The fourth-order valence-corrected chi connectivity index (χ4v) is 3.82. The van der Waals surface area contributed by atoms with Crippen molar-refractivity contribution >= 4 is 46.5 Å². The van der Waals surface area contributed by atoms with Crippen molar-refractivity contribution in [1.82, 2.24) is 10.2 Å². The van der Waals surface area contributed by atoms with Crippen LogP contribution in [0.2, 0.25) is 5.02 Å². The Bertz CT molecular complexity index is 473. The first-order chi connectivity index (χ1) is 7.79. The van der Waals surface area contributed by atoms with E-state index in [0.717, 1.165) is 25.0 Å². The first-order valence-electron chi connectivity index (χ1n) is 4.53. The molecule has 16 heavy (non-hydrogen) atoms. The lowest BCUT2D eigenvalue weighted by Crippen LogP contribution is -1.81. The van der Waals surface area contributed by atoms with Crippen molar-refractivity contribution < 1.29 is 0 Å². The molecular formula is C10H9ClN2S3. The number of hydrogen-bond acceptors (Lipinski definition) is 5. The molecule has 2 aromatic rings. The largest absolute Gasteiger partial charge is 0.175 e. The van der Waals surface area contributed by atoms with Crippen molar-refractivity contribution in [3.05, 3.63) is 34.9 Å². The van der Waals surface area contributed by atoms with Gasteiger partial charge in [-0.15, -0.1) is 10.2 Å². The standard InChI is InChI=1S/C10H9ClN2S3/c1-14-9-12-13-10(16-9)15-6-7-4-2-3-5-8(7)11/h2-5H,6H2,1H3. The smallest absolute Gasteiger partial charge is 0.131 e. The van der Waals surface area contributed by atoms with E-state index in [4.69, 9.17) is 11.6 Å². The van der Waals surface area contributed by atoms with Crippen LogP contribution in [-0.2, 0) is 5.75 Å². The van der Waals surface area contributed by atoms with Gasteiger partial charge in [-0.1, -0.05) is 64.7 Å². The fourth-order valence-electron chi connectivity index (χ4n) is 1.09. The summed E-state index contributed by atoms with van der Waals surface area (Å²) in [7, 11) is 0. The van der Waals surface area contributed by atoms with Crippen molar-refractivity contribution in [2.24, 2.45) is 0 Å². The highest BCUT2D eigenvalue weighted by atomic mass is 35.5. The summed E-state index contributed by atoms with van der Waals surface area (Å²) in [4.78, 5) is 0. The Labute approximate surface area is 112 Å². The highest BCUT2D eigenvalue weighted by Crippen LogP contribution is 2.31. The Kier molecular flexibility index (Phi) is 4.52. The van der Waals surface area contributed by atoms with Crippen LogP contribution in [0.1, 0.15) is 5.56 Å². The zero-order valence-corrected chi connectivity index (χ0v) is 11.7. The predicted octanol–water partition coefficient (Wildman–Crippen LogP) is 4.21. The average Bonchev–Trinajstić information content (AvgIpc) is 2.76. The molecule has 0 radical (unpaired) electrons. The quantitative estimate of drug-likeness (QED) is 0.787. The number of halogens is 1.